The van der Waals surface area contributed by atoms with Crippen LogP contribution in [0.5, 0.6) is 5.75 Å². The monoisotopic (exact) mass is 384 g/mol. The first-order valence-corrected chi connectivity index (χ1v) is 9.86. The van der Waals surface area contributed by atoms with Crippen molar-refractivity contribution in [3.8, 4) is 5.75 Å². The molecule has 0 aliphatic carbocycles. The minimum Gasteiger partial charge on any atom is -0.489 e. The van der Waals surface area contributed by atoms with Crippen molar-refractivity contribution in [1.29, 1.82) is 0 Å². The van der Waals surface area contributed by atoms with Crippen LogP contribution in [0.4, 0.5) is 0 Å². The molecule has 152 valence electrons. The molecule has 0 fully saturated rings. The van der Waals surface area contributed by atoms with Crippen LogP contribution in [-0.4, -0.2) is 36.8 Å². The van der Waals surface area contributed by atoms with Gasteiger partial charge in [-0.3, -0.25) is 4.79 Å². The quantitative estimate of drug-likeness (QED) is 0.557. The number of likely N-dealkylation sites (N-methyl/N-ethyl adjacent to an activating group) is 1. The summed E-state index contributed by atoms with van der Waals surface area (Å²) in [5.41, 5.74) is 2.17. The van der Waals surface area contributed by atoms with Gasteiger partial charge in [0.05, 0.1) is 18.7 Å². The SMILES string of the molecule is CNC(Cc1ccc(OCc2ccccc2)cc1)C(=O)NC(CO)CC(C)C. The van der Waals surface area contributed by atoms with Gasteiger partial charge < -0.3 is 20.5 Å². The van der Waals surface area contributed by atoms with Gasteiger partial charge in [0.1, 0.15) is 12.4 Å². The Bertz CT molecular complexity index is 702. The first kappa shape index (κ1) is 21.9. The molecule has 2 unspecified atom stereocenters. The van der Waals surface area contributed by atoms with Crippen LogP contribution in [0.25, 0.3) is 0 Å². The van der Waals surface area contributed by atoms with E-state index >= 15 is 0 Å². The summed E-state index contributed by atoms with van der Waals surface area (Å²) in [6, 6.07) is 17.3. The molecule has 3 N–H and O–H groups in total. The minimum absolute atomic E-state index is 0.0478. The number of nitrogens with one attached hydrogen (secondary N) is 2. The van der Waals surface area contributed by atoms with Gasteiger partial charge >= 0.3 is 0 Å². The topological polar surface area (TPSA) is 70.6 Å². The number of ether oxygens (including phenoxy) is 1. The third-order valence-electron chi connectivity index (χ3n) is 4.60. The predicted molar refractivity (Wildman–Crippen MR) is 112 cm³/mol. The highest BCUT2D eigenvalue weighted by molar-refractivity contribution is 5.82. The summed E-state index contributed by atoms with van der Waals surface area (Å²) in [7, 11) is 1.78. The van der Waals surface area contributed by atoms with Crippen LogP contribution in [0.1, 0.15) is 31.4 Å². The van der Waals surface area contributed by atoms with Crippen molar-refractivity contribution in [3.63, 3.8) is 0 Å². The molecular weight excluding hydrogens is 352 g/mol. The Balaban J connectivity index is 1.88. The van der Waals surface area contributed by atoms with Gasteiger partial charge in [-0.2, -0.15) is 0 Å². The summed E-state index contributed by atoms with van der Waals surface area (Å²) < 4.78 is 5.81. The second-order valence-electron chi connectivity index (χ2n) is 7.48. The molecule has 0 aliphatic heterocycles. The summed E-state index contributed by atoms with van der Waals surface area (Å²) in [5, 5.41) is 15.5. The molecule has 5 nitrogen and oxygen atoms in total. The molecule has 28 heavy (non-hydrogen) atoms. The molecule has 0 aliphatic rings. The van der Waals surface area contributed by atoms with Crippen LogP contribution < -0.4 is 15.4 Å². The molecular formula is C23H32N2O3. The molecule has 2 aromatic rings. The zero-order valence-electron chi connectivity index (χ0n) is 17.0. The van der Waals surface area contributed by atoms with E-state index in [0.717, 1.165) is 23.3 Å². The molecule has 0 radical (unpaired) electrons. The van der Waals surface area contributed by atoms with Gasteiger partial charge in [0.2, 0.25) is 5.91 Å². The molecule has 0 saturated heterocycles. The first-order chi connectivity index (χ1) is 13.5. The molecule has 0 bridgehead atoms. The summed E-state index contributed by atoms with van der Waals surface area (Å²) in [5.74, 6) is 1.12. The molecule has 0 saturated carbocycles. The van der Waals surface area contributed by atoms with Gasteiger partial charge in [0.15, 0.2) is 0 Å². The third-order valence-corrected chi connectivity index (χ3v) is 4.60. The first-order valence-electron chi connectivity index (χ1n) is 9.86. The van der Waals surface area contributed by atoms with E-state index in [4.69, 9.17) is 4.74 Å². The van der Waals surface area contributed by atoms with E-state index in [1.54, 1.807) is 7.05 Å². The average molecular weight is 385 g/mol. The van der Waals surface area contributed by atoms with Gasteiger partial charge in [-0.25, -0.2) is 0 Å². The van der Waals surface area contributed by atoms with E-state index in [2.05, 4.69) is 24.5 Å². The van der Waals surface area contributed by atoms with Crippen molar-refractivity contribution >= 4 is 5.91 Å². The lowest BCUT2D eigenvalue weighted by Gasteiger charge is -2.22. The van der Waals surface area contributed by atoms with E-state index in [-0.39, 0.29) is 24.6 Å². The maximum atomic E-state index is 12.5. The van der Waals surface area contributed by atoms with Crippen molar-refractivity contribution in [3.05, 3.63) is 65.7 Å². The number of amides is 1. The average Bonchev–Trinajstić information content (AvgIpc) is 2.71. The number of hydrogen-bond donors (Lipinski definition) is 3. The van der Waals surface area contributed by atoms with Crippen molar-refractivity contribution in [2.45, 2.75) is 45.4 Å². The standard InChI is InChI=1S/C23H32N2O3/c1-17(2)13-20(15-26)25-23(27)22(24-3)14-18-9-11-21(12-10-18)28-16-19-7-5-4-6-8-19/h4-12,17,20,22,24,26H,13-16H2,1-3H3,(H,25,27). The van der Waals surface area contributed by atoms with Gasteiger partial charge in [0.25, 0.3) is 0 Å². The zero-order valence-corrected chi connectivity index (χ0v) is 17.0. The van der Waals surface area contributed by atoms with Crippen molar-refractivity contribution < 1.29 is 14.6 Å². The Morgan fingerprint density at radius 2 is 1.71 bits per heavy atom. The highest BCUT2D eigenvalue weighted by Gasteiger charge is 2.20. The van der Waals surface area contributed by atoms with Crippen LogP contribution in [0.15, 0.2) is 54.6 Å². The molecule has 5 heteroatoms. The van der Waals surface area contributed by atoms with Gasteiger partial charge in [-0.05, 0) is 49.1 Å². The van der Waals surface area contributed by atoms with Gasteiger partial charge in [-0.1, -0.05) is 56.3 Å². The number of benzene rings is 2. The Morgan fingerprint density at radius 1 is 1.04 bits per heavy atom. The smallest absolute Gasteiger partial charge is 0.237 e. The van der Waals surface area contributed by atoms with Crippen LogP contribution in [0.2, 0.25) is 0 Å². The highest BCUT2D eigenvalue weighted by Crippen LogP contribution is 2.15. The Morgan fingerprint density at radius 3 is 2.29 bits per heavy atom. The number of aliphatic hydroxyl groups is 1. The highest BCUT2D eigenvalue weighted by atomic mass is 16.5. The molecule has 2 atom stereocenters. The Labute approximate surface area is 168 Å². The molecule has 1 amide bonds. The fraction of sp³-hybridized carbons (Fsp3) is 0.435. The maximum absolute atomic E-state index is 12.5. The van der Waals surface area contributed by atoms with E-state index in [1.165, 1.54) is 0 Å². The third kappa shape index (κ3) is 7.33. The van der Waals surface area contributed by atoms with E-state index in [9.17, 15) is 9.90 Å². The molecule has 0 heterocycles. The fourth-order valence-corrected chi connectivity index (χ4v) is 3.07. The van der Waals surface area contributed by atoms with E-state index in [1.807, 2.05) is 54.6 Å². The van der Waals surface area contributed by atoms with E-state index in [0.29, 0.717) is 18.9 Å². The number of rotatable bonds is 11. The van der Waals surface area contributed by atoms with Crippen LogP contribution >= 0.6 is 0 Å². The second-order valence-corrected chi connectivity index (χ2v) is 7.48. The summed E-state index contributed by atoms with van der Waals surface area (Å²) in [4.78, 5) is 12.5. The lowest BCUT2D eigenvalue weighted by molar-refractivity contribution is -0.124. The lowest BCUT2D eigenvalue weighted by atomic mass is 10.0. The summed E-state index contributed by atoms with van der Waals surface area (Å²) in [6.45, 7) is 4.63. The van der Waals surface area contributed by atoms with Crippen molar-refractivity contribution in [2.75, 3.05) is 13.7 Å². The number of carbonyl (C=O) groups is 1. The van der Waals surface area contributed by atoms with Crippen molar-refractivity contribution in [2.24, 2.45) is 5.92 Å². The minimum atomic E-state index is -0.350. The summed E-state index contributed by atoms with van der Waals surface area (Å²) >= 11 is 0. The van der Waals surface area contributed by atoms with Gasteiger partial charge in [0, 0.05) is 0 Å². The zero-order chi connectivity index (χ0) is 20.4. The largest absolute Gasteiger partial charge is 0.489 e. The molecule has 0 spiro atoms. The second kappa shape index (κ2) is 11.5. The van der Waals surface area contributed by atoms with Crippen LogP contribution in [0.3, 0.4) is 0 Å². The summed E-state index contributed by atoms with van der Waals surface area (Å²) in [6.07, 6.45) is 1.33. The van der Waals surface area contributed by atoms with Crippen molar-refractivity contribution in [1.82, 2.24) is 10.6 Å². The van der Waals surface area contributed by atoms with Gasteiger partial charge in [-0.15, -0.1) is 0 Å². The maximum Gasteiger partial charge on any atom is 0.237 e. The predicted octanol–water partition coefficient (Wildman–Crippen LogP) is 2.92. The van der Waals surface area contributed by atoms with Crippen LogP contribution in [0, 0.1) is 5.92 Å². The van der Waals surface area contributed by atoms with Crippen LogP contribution in [-0.2, 0) is 17.8 Å². The number of hydrogen-bond acceptors (Lipinski definition) is 4. The fourth-order valence-electron chi connectivity index (χ4n) is 3.07. The number of aliphatic hydroxyl groups excluding tert-OH is 1. The van der Waals surface area contributed by atoms with E-state index < -0.39 is 0 Å². The lowest BCUT2D eigenvalue weighted by Crippen LogP contribution is -2.49. The number of carbonyl (C=O) groups excluding carboxylic acids is 1. The Kier molecular flexibility index (Phi) is 8.98. The normalized spacial score (nSPS) is 13.2. The molecule has 2 rings (SSSR count). The molecule has 0 aromatic heterocycles. The Hall–Kier alpha value is -2.37. The molecule has 2 aromatic carbocycles.